The zero-order chi connectivity index (χ0) is 35.2. The van der Waals surface area contributed by atoms with E-state index >= 15 is 0 Å². The van der Waals surface area contributed by atoms with E-state index in [1.54, 1.807) is 25.7 Å². The lowest BCUT2D eigenvalue weighted by Crippen LogP contribution is -2.63. The van der Waals surface area contributed by atoms with E-state index in [9.17, 15) is 32.7 Å². The number of carbonyl (C=O) groups excluding carboxylic acids is 4. The summed E-state index contributed by atoms with van der Waals surface area (Å²) >= 11 is 0. The standard InChI is InChI=1S/C35H59N5O7S/c1-33(2,3)48(46,47)20-35(16-10-7-11-17-35)39-32(45)38-26(22-12-8-6-9-13-22)31(44)40-19-23-25(34(23,4)5)27(40)30(43)37-24(18-21-14-15-21)28(41)29(36)42/h21-28,41H,6-20H2,1-5H3,(H2,36,42)(H,37,43)(H2,38,39,45)/t23?,24?,25?,26-,27-,28?/m0/s1. The fourth-order valence-corrected chi connectivity index (χ4v) is 10.3. The first kappa shape index (κ1) is 36.9. The van der Waals surface area contributed by atoms with Crippen molar-refractivity contribution in [1.82, 2.24) is 20.9 Å². The number of nitrogens with two attached hydrogens (primary N) is 1. The van der Waals surface area contributed by atoms with Crippen LogP contribution in [0.3, 0.4) is 0 Å². The van der Waals surface area contributed by atoms with Crippen molar-refractivity contribution in [2.75, 3.05) is 12.3 Å². The summed E-state index contributed by atoms with van der Waals surface area (Å²) < 4.78 is 25.7. The Bertz CT molecular complexity index is 1340. The lowest BCUT2D eigenvalue weighted by atomic mass is 9.82. The molecule has 5 fully saturated rings. The van der Waals surface area contributed by atoms with Crippen LogP contribution in [0.25, 0.3) is 0 Å². The van der Waals surface area contributed by atoms with Gasteiger partial charge < -0.3 is 31.7 Å². The van der Waals surface area contributed by atoms with Gasteiger partial charge in [-0.15, -0.1) is 0 Å². The molecule has 0 bridgehead atoms. The Hall–Kier alpha value is -2.41. The largest absolute Gasteiger partial charge is 0.381 e. The van der Waals surface area contributed by atoms with Crippen molar-refractivity contribution in [3.63, 3.8) is 0 Å². The highest BCUT2D eigenvalue weighted by molar-refractivity contribution is 7.92. The summed E-state index contributed by atoms with van der Waals surface area (Å²) in [5.41, 5.74) is 4.35. The van der Waals surface area contributed by atoms with Crippen LogP contribution in [0, 0.1) is 29.1 Å². The molecule has 0 spiro atoms. The molecule has 4 aliphatic carbocycles. The third kappa shape index (κ3) is 7.81. The number of hydrogen-bond donors (Lipinski definition) is 5. The first-order valence-corrected chi connectivity index (χ1v) is 19.9. The van der Waals surface area contributed by atoms with Gasteiger partial charge in [0.2, 0.25) is 17.7 Å². The summed E-state index contributed by atoms with van der Waals surface area (Å²) in [6.45, 7) is 9.57. The number of sulfone groups is 1. The van der Waals surface area contributed by atoms with Crippen molar-refractivity contribution in [3.8, 4) is 0 Å². The molecule has 5 amide bonds. The number of carbonyl (C=O) groups is 4. The van der Waals surface area contributed by atoms with E-state index in [1.807, 2.05) is 0 Å². The molecule has 4 saturated carbocycles. The second-order valence-electron chi connectivity index (χ2n) is 17.2. The summed E-state index contributed by atoms with van der Waals surface area (Å²) in [5.74, 6) is -1.58. The molecule has 6 atom stereocenters. The molecule has 1 aliphatic heterocycles. The topological polar surface area (TPSA) is 188 Å². The molecule has 0 aromatic rings. The number of hydrogen-bond acceptors (Lipinski definition) is 7. The van der Waals surface area contributed by atoms with Crippen LogP contribution >= 0.6 is 0 Å². The van der Waals surface area contributed by atoms with E-state index < -0.39 is 62.2 Å². The normalized spacial score (nSPS) is 28.8. The zero-order valence-electron chi connectivity index (χ0n) is 29.6. The quantitative estimate of drug-likeness (QED) is 0.208. The number of fused-ring (bicyclic) bond motifs is 1. The van der Waals surface area contributed by atoms with Gasteiger partial charge in [-0.1, -0.05) is 65.2 Å². The first-order valence-electron chi connectivity index (χ1n) is 18.3. The lowest BCUT2D eigenvalue weighted by Gasteiger charge is -2.41. The van der Waals surface area contributed by atoms with E-state index in [4.69, 9.17) is 5.73 Å². The Morgan fingerprint density at radius 3 is 2.10 bits per heavy atom. The molecule has 0 aromatic heterocycles. The van der Waals surface area contributed by atoms with E-state index in [0.717, 1.165) is 64.2 Å². The van der Waals surface area contributed by atoms with Crippen LogP contribution in [0.5, 0.6) is 0 Å². The molecule has 48 heavy (non-hydrogen) atoms. The minimum absolute atomic E-state index is 0.0947. The maximum absolute atomic E-state index is 14.6. The van der Waals surface area contributed by atoms with E-state index in [-0.39, 0.29) is 34.8 Å². The SMILES string of the molecule is CC1(C)C2CN(C(=O)[C@@H](NC(=O)NC3(CS(=O)(=O)C(C)(C)C)CCCCC3)C3CCCCC3)[C@H](C(=O)NC(CC3CC3)C(O)C(N)=O)C21. The fourth-order valence-electron chi connectivity index (χ4n) is 8.82. The third-order valence-electron chi connectivity index (χ3n) is 12.3. The van der Waals surface area contributed by atoms with E-state index in [2.05, 4.69) is 29.8 Å². The van der Waals surface area contributed by atoms with Gasteiger partial charge in [-0.3, -0.25) is 14.4 Å². The molecule has 272 valence electrons. The lowest BCUT2D eigenvalue weighted by molar-refractivity contribution is -0.144. The molecule has 1 heterocycles. The van der Waals surface area contributed by atoms with Crippen LogP contribution in [0.2, 0.25) is 0 Å². The third-order valence-corrected chi connectivity index (χ3v) is 15.1. The highest BCUT2D eigenvalue weighted by atomic mass is 32.2. The summed E-state index contributed by atoms with van der Waals surface area (Å²) in [5, 5.41) is 19.5. The van der Waals surface area contributed by atoms with Gasteiger partial charge in [0.25, 0.3) is 0 Å². The van der Waals surface area contributed by atoms with Gasteiger partial charge in [-0.25, -0.2) is 13.2 Å². The van der Waals surface area contributed by atoms with Gasteiger partial charge in [0.1, 0.15) is 12.1 Å². The molecule has 0 aromatic carbocycles. The first-order chi connectivity index (χ1) is 22.4. The van der Waals surface area contributed by atoms with Crippen LogP contribution in [0.1, 0.15) is 118 Å². The van der Waals surface area contributed by atoms with E-state index in [0.29, 0.717) is 31.7 Å². The number of likely N-dealkylation sites (tertiary alicyclic amines) is 1. The molecular formula is C35H59N5O7S. The van der Waals surface area contributed by atoms with Crippen molar-refractivity contribution in [1.29, 1.82) is 0 Å². The average Bonchev–Trinajstić information content (AvgIpc) is 3.86. The molecule has 12 nitrogen and oxygen atoms in total. The number of primary amides is 1. The second kappa shape index (κ2) is 13.7. The summed E-state index contributed by atoms with van der Waals surface area (Å²) in [6, 6.07) is -3.07. The molecule has 13 heteroatoms. The fraction of sp³-hybridized carbons (Fsp3) is 0.886. The maximum Gasteiger partial charge on any atom is 0.315 e. The Kier molecular flexibility index (Phi) is 10.5. The van der Waals surface area contributed by atoms with Crippen molar-refractivity contribution in [3.05, 3.63) is 0 Å². The highest BCUT2D eigenvalue weighted by Gasteiger charge is 2.70. The number of aliphatic hydroxyl groups excluding tert-OH is 1. The maximum atomic E-state index is 14.6. The Labute approximate surface area is 286 Å². The average molecular weight is 694 g/mol. The number of aliphatic hydroxyl groups is 1. The van der Waals surface area contributed by atoms with Crippen LogP contribution in [0.4, 0.5) is 4.79 Å². The van der Waals surface area contributed by atoms with Crippen molar-refractivity contribution < 1.29 is 32.7 Å². The predicted molar refractivity (Wildman–Crippen MR) is 182 cm³/mol. The van der Waals surface area contributed by atoms with Crippen LogP contribution in [0.15, 0.2) is 0 Å². The number of amides is 5. The highest BCUT2D eigenvalue weighted by Crippen LogP contribution is 2.65. The minimum atomic E-state index is -3.54. The summed E-state index contributed by atoms with van der Waals surface area (Å²) in [7, 11) is -3.54. The molecule has 4 unspecified atom stereocenters. The molecule has 6 N–H and O–H groups in total. The Morgan fingerprint density at radius 1 is 0.938 bits per heavy atom. The van der Waals surface area contributed by atoms with Crippen molar-refractivity contribution in [2.45, 2.75) is 153 Å². The zero-order valence-corrected chi connectivity index (χ0v) is 30.4. The Morgan fingerprint density at radius 2 is 1.54 bits per heavy atom. The number of urea groups is 1. The monoisotopic (exact) mass is 693 g/mol. The van der Waals surface area contributed by atoms with Crippen molar-refractivity contribution in [2.24, 2.45) is 34.8 Å². The molecular weight excluding hydrogens is 634 g/mol. The van der Waals surface area contributed by atoms with E-state index in [1.165, 1.54) is 0 Å². The molecule has 5 aliphatic rings. The van der Waals surface area contributed by atoms with Crippen LogP contribution in [-0.2, 0) is 24.2 Å². The van der Waals surface area contributed by atoms with Crippen molar-refractivity contribution >= 4 is 33.6 Å². The van der Waals surface area contributed by atoms with Gasteiger partial charge in [0.05, 0.1) is 22.1 Å². The second-order valence-corrected chi connectivity index (χ2v) is 20.0. The number of nitrogens with one attached hydrogen (secondary N) is 3. The Balaban J connectivity index is 1.37. The summed E-state index contributed by atoms with van der Waals surface area (Å²) in [4.78, 5) is 56.1. The predicted octanol–water partition coefficient (Wildman–Crippen LogP) is 2.76. The van der Waals surface area contributed by atoms with Gasteiger partial charge in [-0.2, -0.15) is 0 Å². The minimum Gasteiger partial charge on any atom is -0.381 e. The van der Waals surface area contributed by atoms with Gasteiger partial charge in [0.15, 0.2) is 15.9 Å². The number of rotatable bonds is 12. The summed E-state index contributed by atoms with van der Waals surface area (Å²) in [6.07, 6.45) is 8.94. The molecule has 0 radical (unpaired) electrons. The van der Waals surface area contributed by atoms with Crippen LogP contribution in [-0.4, -0.2) is 89.0 Å². The smallest absolute Gasteiger partial charge is 0.315 e. The number of piperidine rings is 1. The van der Waals surface area contributed by atoms with Crippen LogP contribution < -0.4 is 21.7 Å². The number of nitrogens with zero attached hydrogens (tertiary/aromatic N) is 1. The molecule has 5 rings (SSSR count). The van der Waals surface area contributed by atoms with Gasteiger partial charge >= 0.3 is 6.03 Å². The molecule has 1 saturated heterocycles. The van der Waals surface area contributed by atoms with Gasteiger partial charge in [-0.05, 0) is 82.0 Å². The van der Waals surface area contributed by atoms with Gasteiger partial charge in [0, 0.05) is 6.54 Å².